The van der Waals surface area contributed by atoms with Gasteiger partial charge >= 0.3 is 6.18 Å². The Morgan fingerprint density at radius 3 is 1.78 bits per heavy atom. The molecule has 2 unspecified atom stereocenters. The highest BCUT2D eigenvalue weighted by atomic mass is 19.4. The van der Waals surface area contributed by atoms with Gasteiger partial charge in [-0.1, -0.05) is 0 Å². The average molecular weight is 140 g/mol. The van der Waals surface area contributed by atoms with Crippen molar-refractivity contribution < 1.29 is 18.3 Å². The van der Waals surface area contributed by atoms with Gasteiger partial charge in [0.1, 0.15) is 0 Å². The van der Waals surface area contributed by atoms with E-state index in [1.165, 1.54) is 0 Å². The Morgan fingerprint density at radius 2 is 1.78 bits per heavy atom. The largest absolute Gasteiger partial charge is 0.394 e. The average Bonchev–Trinajstić information content (AvgIpc) is 1.57. The van der Waals surface area contributed by atoms with Crippen molar-refractivity contribution in [3.63, 3.8) is 0 Å². The molecule has 0 saturated heterocycles. The molecule has 9 heavy (non-hydrogen) atoms. The van der Waals surface area contributed by atoms with Gasteiger partial charge in [-0.2, -0.15) is 13.2 Å². The summed E-state index contributed by atoms with van der Waals surface area (Å²) in [6, 6.07) is 0. The molecule has 0 aliphatic heterocycles. The quantitative estimate of drug-likeness (QED) is 0.538. The Kier molecular flexibility index (Phi) is 1.42. The predicted octanol–water partition coefficient (Wildman–Crippen LogP) is 1.32. The Morgan fingerprint density at radius 1 is 1.22 bits per heavy atom. The number of aliphatic hydroxyl groups excluding tert-OH is 1. The van der Waals surface area contributed by atoms with Crippen LogP contribution in [0.4, 0.5) is 13.2 Å². The summed E-state index contributed by atoms with van der Waals surface area (Å²) < 4.78 is 34.8. The van der Waals surface area contributed by atoms with Gasteiger partial charge in [0.2, 0.25) is 0 Å². The second-order valence-electron chi connectivity index (χ2n) is 2.29. The SMILES string of the molecule is OC1CCC1C(F)(F)F. The van der Waals surface area contributed by atoms with Crippen LogP contribution in [-0.4, -0.2) is 17.4 Å². The van der Waals surface area contributed by atoms with E-state index < -0.39 is 18.2 Å². The Balaban J connectivity index is 2.44. The van der Waals surface area contributed by atoms with Gasteiger partial charge < -0.3 is 5.11 Å². The molecule has 0 amide bonds. The number of hydrogen-bond donors (Lipinski definition) is 1. The van der Waals surface area contributed by atoms with E-state index in [-0.39, 0.29) is 6.42 Å². The lowest BCUT2D eigenvalue weighted by molar-refractivity contribution is -0.227. The van der Waals surface area contributed by atoms with Crippen molar-refractivity contribution >= 4 is 0 Å². The lowest BCUT2D eigenvalue weighted by Gasteiger charge is -2.33. The minimum absolute atomic E-state index is 0.0880. The molecule has 1 nitrogen and oxygen atoms in total. The van der Waals surface area contributed by atoms with Crippen molar-refractivity contribution in [3.8, 4) is 0 Å². The normalized spacial score (nSPS) is 36.0. The molecular formula is C5H7F3O. The molecule has 4 heteroatoms. The molecule has 54 valence electrons. The van der Waals surface area contributed by atoms with Gasteiger partial charge in [-0.15, -0.1) is 0 Å². The van der Waals surface area contributed by atoms with Gasteiger partial charge in [0.25, 0.3) is 0 Å². The minimum atomic E-state index is -4.18. The highest BCUT2D eigenvalue weighted by Gasteiger charge is 2.49. The zero-order valence-electron chi connectivity index (χ0n) is 4.65. The number of hydrogen-bond acceptors (Lipinski definition) is 1. The third kappa shape index (κ3) is 1.18. The zero-order valence-corrected chi connectivity index (χ0v) is 4.65. The topological polar surface area (TPSA) is 20.2 Å². The monoisotopic (exact) mass is 140 g/mol. The van der Waals surface area contributed by atoms with Crippen molar-refractivity contribution in [2.75, 3.05) is 0 Å². The first kappa shape index (κ1) is 6.86. The van der Waals surface area contributed by atoms with Crippen LogP contribution in [0.3, 0.4) is 0 Å². The van der Waals surface area contributed by atoms with E-state index >= 15 is 0 Å². The van der Waals surface area contributed by atoms with Crippen LogP contribution in [0.1, 0.15) is 12.8 Å². The van der Waals surface area contributed by atoms with Gasteiger partial charge in [-0.05, 0) is 12.8 Å². The first-order valence-corrected chi connectivity index (χ1v) is 2.76. The summed E-state index contributed by atoms with van der Waals surface area (Å²) in [6.07, 6.45) is -4.93. The van der Waals surface area contributed by atoms with E-state index in [9.17, 15) is 13.2 Å². The Hall–Kier alpha value is -0.250. The van der Waals surface area contributed by atoms with Crippen LogP contribution in [-0.2, 0) is 0 Å². The number of alkyl halides is 3. The van der Waals surface area contributed by atoms with Crippen molar-refractivity contribution in [3.05, 3.63) is 0 Å². The van der Waals surface area contributed by atoms with Crippen LogP contribution in [0.25, 0.3) is 0 Å². The van der Waals surface area contributed by atoms with Crippen LogP contribution in [0.5, 0.6) is 0 Å². The zero-order chi connectivity index (χ0) is 7.07. The standard InChI is InChI=1S/C5H7F3O/c6-5(7,8)3-1-2-4(3)9/h3-4,9H,1-2H2. The first-order chi connectivity index (χ1) is 4.02. The lowest BCUT2D eigenvalue weighted by atomic mass is 9.82. The Labute approximate surface area is 50.5 Å². The number of rotatable bonds is 0. The molecule has 0 aromatic carbocycles. The van der Waals surface area contributed by atoms with E-state index in [0.29, 0.717) is 6.42 Å². The Bertz CT molecular complexity index is 109. The number of halogens is 3. The highest BCUT2D eigenvalue weighted by Crippen LogP contribution is 2.40. The molecule has 0 heterocycles. The summed E-state index contributed by atoms with van der Waals surface area (Å²) in [7, 11) is 0. The molecule has 0 spiro atoms. The molecular weight excluding hydrogens is 133 g/mol. The summed E-state index contributed by atoms with van der Waals surface area (Å²) in [5.74, 6) is -1.45. The summed E-state index contributed by atoms with van der Waals surface area (Å²) in [4.78, 5) is 0. The van der Waals surface area contributed by atoms with Gasteiger partial charge in [0, 0.05) is 0 Å². The fraction of sp³-hybridized carbons (Fsp3) is 1.00. The molecule has 0 bridgehead atoms. The summed E-state index contributed by atoms with van der Waals surface area (Å²) >= 11 is 0. The maximum absolute atomic E-state index is 11.6. The van der Waals surface area contributed by atoms with E-state index in [1.807, 2.05) is 0 Å². The molecule has 1 saturated carbocycles. The van der Waals surface area contributed by atoms with E-state index in [1.54, 1.807) is 0 Å². The van der Waals surface area contributed by atoms with Gasteiger partial charge in [-0.25, -0.2) is 0 Å². The third-order valence-electron chi connectivity index (χ3n) is 1.66. The van der Waals surface area contributed by atoms with Gasteiger partial charge in [-0.3, -0.25) is 0 Å². The summed E-state index contributed by atoms with van der Waals surface area (Å²) in [5.41, 5.74) is 0. The fourth-order valence-corrected chi connectivity index (χ4v) is 0.864. The first-order valence-electron chi connectivity index (χ1n) is 2.76. The smallest absolute Gasteiger partial charge is 0.392 e. The molecule has 1 aliphatic rings. The molecule has 0 aromatic rings. The van der Waals surface area contributed by atoms with Crippen molar-refractivity contribution in [1.82, 2.24) is 0 Å². The summed E-state index contributed by atoms with van der Waals surface area (Å²) in [6.45, 7) is 0. The van der Waals surface area contributed by atoms with Crippen molar-refractivity contribution in [1.29, 1.82) is 0 Å². The van der Waals surface area contributed by atoms with Crippen molar-refractivity contribution in [2.45, 2.75) is 25.1 Å². The molecule has 2 atom stereocenters. The van der Waals surface area contributed by atoms with Crippen molar-refractivity contribution in [2.24, 2.45) is 5.92 Å². The second kappa shape index (κ2) is 1.87. The fourth-order valence-electron chi connectivity index (χ4n) is 0.864. The van der Waals surface area contributed by atoms with Crippen LogP contribution in [0.2, 0.25) is 0 Å². The number of aliphatic hydroxyl groups is 1. The minimum Gasteiger partial charge on any atom is -0.392 e. The van der Waals surface area contributed by atoms with Crippen LogP contribution >= 0.6 is 0 Å². The van der Waals surface area contributed by atoms with E-state index in [2.05, 4.69) is 0 Å². The maximum atomic E-state index is 11.6. The predicted molar refractivity (Wildman–Crippen MR) is 24.8 cm³/mol. The van der Waals surface area contributed by atoms with Gasteiger partial charge in [0.15, 0.2) is 0 Å². The molecule has 1 aliphatic carbocycles. The lowest BCUT2D eigenvalue weighted by Crippen LogP contribution is -2.41. The molecule has 1 fully saturated rings. The van der Waals surface area contributed by atoms with E-state index in [4.69, 9.17) is 5.11 Å². The highest BCUT2D eigenvalue weighted by molar-refractivity contribution is 4.84. The van der Waals surface area contributed by atoms with E-state index in [0.717, 1.165) is 0 Å². The molecule has 0 radical (unpaired) electrons. The van der Waals surface area contributed by atoms with Crippen LogP contribution < -0.4 is 0 Å². The third-order valence-corrected chi connectivity index (χ3v) is 1.66. The molecule has 0 aromatic heterocycles. The molecule has 1 N–H and O–H groups in total. The van der Waals surface area contributed by atoms with Crippen LogP contribution in [0.15, 0.2) is 0 Å². The summed E-state index contributed by atoms with van der Waals surface area (Å²) in [5, 5.41) is 8.52. The second-order valence-corrected chi connectivity index (χ2v) is 2.29. The molecule has 1 rings (SSSR count). The van der Waals surface area contributed by atoms with Crippen LogP contribution in [0, 0.1) is 5.92 Å². The van der Waals surface area contributed by atoms with Gasteiger partial charge in [0.05, 0.1) is 12.0 Å². The maximum Gasteiger partial charge on any atom is 0.394 e.